The molecule has 0 saturated heterocycles. The number of nitro benzene ring substituents is 1. The van der Waals surface area contributed by atoms with Gasteiger partial charge >= 0.3 is 0 Å². The van der Waals surface area contributed by atoms with E-state index in [1.165, 1.54) is 25.3 Å². The van der Waals surface area contributed by atoms with Gasteiger partial charge in [-0.2, -0.15) is 13.5 Å². The van der Waals surface area contributed by atoms with Gasteiger partial charge in [0, 0.05) is 11.6 Å². The number of aryl methyl sites for hydroxylation is 2. The quantitative estimate of drug-likeness (QED) is 0.516. The van der Waals surface area contributed by atoms with Crippen LogP contribution in [0.15, 0.2) is 52.5 Å². The lowest BCUT2D eigenvalue weighted by molar-refractivity contribution is -0.385. The Morgan fingerprint density at radius 1 is 1.13 bits per heavy atom. The van der Waals surface area contributed by atoms with Gasteiger partial charge in [0.2, 0.25) is 0 Å². The minimum atomic E-state index is -3.97. The summed E-state index contributed by atoms with van der Waals surface area (Å²) in [6, 6.07) is 11.0. The Hall–Kier alpha value is -2.74. The van der Waals surface area contributed by atoms with Crippen LogP contribution < -0.4 is 4.83 Å². The Kier molecular flexibility index (Phi) is 4.75. The van der Waals surface area contributed by atoms with Crippen molar-refractivity contribution < 1.29 is 13.3 Å². The van der Waals surface area contributed by atoms with E-state index in [2.05, 4.69) is 9.93 Å². The number of nitrogens with one attached hydrogen (secondary N) is 1. The van der Waals surface area contributed by atoms with Crippen LogP contribution in [0.4, 0.5) is 5.69 Å². The van der Waals surface area contributed by atoms with Crippen molar-refractivity contribution in [3.63, 3.8) is 0 Å². The molecule has 23 heavy (non-hydrogen) atoms. The molecule has 2 rings (SSSR count). The van der Waals surface area contributed by atoms with E-state index in [0.717, 1.165) is 17.2 Å². The predicted molar refractivity (Wildman–Crippen MR) is 86.9 cm³/mol. The van der Waals surface area contributed by atoms with Gasteiger partial charge in [-0.05, 0) is 31.0 Å². The molecule has 0 spiro atoms. The summed E-state index contributed by atoms with van der Waals surface area (Å²) >= 11 is 0. The number of hydrazone groups is 1. The smallest absolute Gasteiger partial charge is 0.258 e. The van der Waals surface area contributed by atoms with Gasteiger partial charge in [-0.15, -0.1) is 0 Å². The number of nitrogens with zero attached hydrogens (tertiary/aromatic N) is 2. The lowest BCUT2D eigenvalue weighted by Gasteiger charge is -2.05. The average molecular weight is 333 g/mol. The standard InChI is InChI=1S/C15H15N3O4S/c1-11-5-3-4-6-13(11)10-16-17-23(21,22)14-8-7-12(2)15(9-14)18(19)20/h3-10,17H,1-2H3/b16-10+. The van der Waals surface area contributed by atoms with Gasteiger partial charge in [-0.1, -0.05) is 30.3 Å². The molecule has 1 N–H and O–H groups in total. The van der Waals surface area contributed by atoms with E-state index in [1.807, 2.05) is 25.1 Å². The summed E-state index contributed by atoms with van der Waals surface area (Å²) in [6.45, 7) is 3.41. The maximum absolute atomic E-state index is 12.1. The van der Waals surface area contributed by atoms with E-state index in [4.69, 9.17) is 0 Å². The fourth-order valence-electron chi connectivity index (χ4n) is 1.90. The Morgan fingerprint density at radius 2 is 1.83 bits per heavy atom. The molecule has 7 nitrogen and oxygen atoms in total. The van der Waals surface area contributed by atoms with Gasteiger partial charge in [-0.25, -0.2) is 4.83 Å². The Bertz CT molecular complexity index is 876. The molecule has 0 aliphatic rings. The molecule has 0 fully saturated rings. The molecule has 0 aliphatic carbocycles. The van der Waals surface area contributed by atoms with Crippen LogP contribution in [0.1, 0.15) is 16.7 Å². The first-order valence-corrected chi connectivity index (χ1v) is 8.15. The van der Waals surface area contributed by atoms with Crippen LogP contribution >= 0.6 is 0 Å². The molecule has 0 unspecified atom stereocenters. The van der Waals surface area contributed by atoms with Gasteiger partial charge < -0.3 is 0 Å². The second-order valence-electron chi connectivity index (χ2n) is 4.91. The van der Waals surface area contributed by atoms with Gasteiger partial charge in [0.05, 0.1) is 16.0 Å². The van der Waals surface area contributed by atoms with Crippen molar-refractivity contribution >= 4 is 21.9 Å². The molecule has 0 radical (unpaired) electrons. The molecule has 0 atom stereocenters. The van der Waals surface area contributed by atoms with Crippen molar-refractivity contribution in [2.45, 2.75) is 18.7 Å². The van der Waals surface area contributed by atoms with Gasteiger partial charge in [0.25, 0.3) is 15.7 Å². The number of nitro groups is 1. The topological polar surface area (TPSA) is 102 Å². The minimum absolute atomic E-state index is 0.211. The van der Waals surface area contributed by atoms with Crippen molar-refractivity contribution in [1.82, 2.24) is 4.83 Å². The van der Waals surface area contributed by atoms with Gasteiger partial charge in [0.15, 0.2) is 0 Å². The molecule has 8 heteroatoms. The molecular weight excluding hydrogens is 318 g/mol. The highest BCUT2D eigenvalue weighted by Crippen LogP contribution is 2.22. The van der Waals surface area contributed by atoms with Crippen molar-refractivity contribution in [2.75, 3.05) is 0 Å². The van der Waals surface area contributed by atoms with E-state index in [0.29, 0.717) is 5.56 Å². The highest BCUT2D eigenvalue weighted by molar-refractivity contribution is 7.89. The predicted octanol–water partition coefficient (Wildman–Crippen LogP) is 2.52. The highest BCUT2D eigenvalue weighted by Gasteiger charge is 2.19. The number of hydrogen-bond acceptors (Lipinski definition) is 5. The molecule has 0 aromatic heterocycles. The Labute approximate surface area is 133 Å². The zero-order chi connectivity index (χ0) is 17.0. The molecule has 120 valence electrons. The molecule has 0 heterocycles. The molecule has 2 aromatic carbocycles. The first kappa shape index (κ1) is 16.6. The van der Waals surface area contributed by atoms with Crippen LogP contribution in [0.25, 0.3) is 0 Å². The fourth-order valence-corrected chi connectivity index (χ4v) is 2.71. The first-order chi connectivity index (χ1) is 10.8. The lowest BCUT2D eigenvalue weighted by Crippen LogP contribution is -2.18. The van der Waals surface area contributed by atoms with Crippen molar-refractivity contribution in [1.29, 1.82) is 0 Å². The minimum Gasteiger partial charge on any atom is -0.258 e. The van der Waals surface area contributed by atoms with Gasteiger partial charge in [-0.3, -0.25) is 10.1 Å². The molecule has 0 bridgehead atoms. The molecule has 0 saturated carbocycles. The van der Waals surface area contributed by atoms with Crippen molar-refractivity contribution in [3.8, 4) is 0 Å². The molecule has 2 aromatic rings. The summed E-state index contributed by atoms with van der Waals surface area (Å²) in [5.74, 6) is 0. The van der Waals surface area contributed by atoms with Crippen molar-refractivity contribution in [2.24, 2.45) is 5.10 Å². The molecular formula is C15H15N3O4S. The van der Waals surface area contributed by atoms with Crippen LogP contribution in [0.2, 0.25) is 0 Å². The van der Waals surface area contributed by atoms with Crippen LogP contribution in [0, 0.1) is 24.0 Å². The SMILES string of the molecule is Cc1ccccc1/C=N/NS(=O)(=O)c1ccc(C)c([N+](=O)[O-])c1. The highest BCUT2D eigenvalue weighted by atomic mass is 32.2. The molecule has 0 amide bonds. The van der Waals surface area contributed by atoms with E-state index in [-0.39, 0.29) is 10.6 Å². The fraction of sp³-hybridized carbons (Fsp3) is 0.133. The van der Waals surface area contributed by atoms with Crippen molar-refractivity contribution in [3.05, 3.63) is 69.3 Å². The lowest BCUT2D eigenvalue weighted by atomic mass is 10.1. The van der Waals surface area contributed by atoms with Crippen LogP contribution in [-0.2, 0) is 10.0 Å². The monoisotopic (exact) mass is 333 g/mol. The van der Waals surface area contributed by atoms with Crippen LogP contribution in [-0.4, -0.2) is 19.6 Å². The maximum Gasteiger partial charge on any atom is 0.276 e. The third-order valence-corrected chi connectivity index (χ3v) is 4.47. The van der Waals surface area contributed by atoms with E-state index >= 15 is 0 Å². The summed E-state index contributed by atoms with van der Waals surface area (Å²) in [6.07, 6.45) is 1.38. The Balaban J connectivity index is 2.24. The molecule has 0 aliphatic heterocycles. The van der Waals surface area contributed by atoms with Crippen LogP contribution in [0.5, 0.6) is 0 Å². The third-order valence-electron chi connectivity index (χ3n) is 3.25. The third kappa shape index (κ3) is 3.92. The maximum atomic E-state index is 12.1. The summed E-state index contributed by atoms with van der Waals surface area (Å²) in [5, 5.41) is 14.6. The zero-order valence-electron chi connectivity index (χ0n) is 12.6. The number of sulfonamides is 1. The van der Waals surface area contributed by atoms with E-state index in [9.17, 15) is 18.5 Å². The zero-order valence-corrected chi connectivity index (χ0v) is 13.4. The summed E-state index contributed by atoms with van der Waals surface area (Å²) < 4.78 is 24.3. The number of benzene rings is 2. The Morgan fingerprint density at radius 3 is 2.48 bits per heavy atom. The summed E-state index contributed by atoms with van der Waals surface area (Å²) in [5.41, 5.74) is 1.85. The number of hydrogen-bond donors (Lipinski definition) is 1. The summed E-state index contributed by atoms with van der Waals surface area (Å²) in [4.78, 5) is 12.1. The van der Waals surface area contributed by atoms with E-state index < -0.39 is 14.9 Å². The van der Waals surface area contributed by atoms with E-state index in [1.54, 1.807) is 6.07 Å². The van der Waals surface area contributed by atoms with Crippen LogP contribution in [0.3, 0.4) is 0 Å². The van der Waals surface area contributed by atoms with Gasteiger partial charge in [0.1, 0.15) is 0 Å². The second-order valence-corrected chi connectivity index (χ2v) is 6.58. The largest absolute Gasteiger partial charge is 0.276 e. The number of rotatable bonds is 5. The normalized spacial score (nSPS) is 11.6. The second kappa shape index (κ2) is 6.57. The average Bonchev–Trinajstić information content (AvgIpc) is 2.49. The summed E-state index contributed by atoms with van der Waals surface area (Å²) in [7, 11) is -3.97. The first-order valence-electron chi connectivity index (χ1n) is 6.67.